The van der Waals surface area contributed by atoms with Gasteiger partial charge >= 0.3 is 0 Å². The summed E-state index contributed by atoms with van der Waals surface area (Å²) in [5, 5.41) is 3.23. The lowest BCUT2D eigenvalue weighted by Crippen LogP contribution is -2.15. The molecule has 0 unspecified atom stereocenters. The molecule has 0 atom stereocenters. The predicted molar refractivity (Wildman–Crippen MR) is 87.9 cm³/mol. The van der Waals surface area contributed by atoms with E-state index in [2.05, 4.69) is 5.32 Å². The molecule has 0 heterocycles. The van der Waals surface area contributed by atoms with Gasteiger partial charge < -0.3 is 14.8 Å². The van der Waals surface area contributed by atoms with E-state index < -0.39 is 0 Å². The molecule has 2 aromatic rings. The molecule has 0 aliphatic carbocycles. The Morgan fingerprint density at radius 3 is 2.73 bits per heavy atom. The molecule has 0 spiro atoms. The van der Waals surface area contributed by atoms with Crippen LogP contribution in [0.4, 0.5) is 5.69 Å². The molecular weight excluding hydrogens is 302 g/mol. The third kappa shape index (κ3) is 4.67. The van der Waals surface area contributed by atoms with Crippen LogP contribution < -0.4 is 14.8 Å². The number of nitrogens with one attached hydrogen (secondary N) is 1. The summed E-state index contributed by atoms with van der Waals surface area (Å²) in [7, 11) is 1.54. The van der Waals surface area contributed by atoms with E-state index in [0.717, 1.165) is 11.3 Å². The Morgan fingerprint density at radius 1 is 1.23 bits per heavy atom. The fourth-order valence-corrected chi connectivity index (χ4v) is 2.19. The van der Waals surface area contributed by atoms with E-state index in [9.17, 15) is 4.79 Å². The van der Waals surface area contributed by atoms with Gasteiger partial charge in [0.2, 0.25) is 5.91 Å². The van der Waals surface area contributed by atoms with Crippen LogP contribution in [0.2, 0.25) is 5.02 Å². The van der Waals surface area contributed by atoms with Crippen molar-refractivity contribution in [3.8, 4) is 11.5 Å². The van der Waals surface area contributed by atoms with Crippen molar-refractivity contribution < 1.29 is 14.3 Å². The van der Waals surface area contributed by atoms with Gasteiger partial charge in [-0.05, 0) is 42.8 Å². The number of amides is 1. The molecule has 2 rings (SSSR count). The molecule has 0 fully saturated rings. The van der Waals surface area contributed by atoms with E-state index in [-0.39, 0.29) is 12.3 Å². The Kier molecular flexibility index (Phi) is 5.67. The van der Waals surface area contributed by atoms with Crippen LogP contribution in [-0.4, -0.2) is 19.6 Å². The number of carbonyl (C=O) groups excluding carboxylic acids is 1. The highest BCUT2D eigenvalue weighted by Crippen LogP contribution is 2.27. The van der Waals surface area contributed by atoms with Crippen LogP contribution in [0, 0.1) is 6.92 Å². The first-order valence-corrected chi connectivity index (χ1v) is 7.29. The minimum atomic E-state index is -0.131. The highest BCUT2D eigenvalue weighted by molar-refractivity contribution is 6.32. The van der Waals surface area contributed by atoms with Crippen molar-refractivity contribution in [1.29, 1.82) is 0 Å². The summed E-state index contributed by atoms with van der Waals surface area (Å²) in [6, 6.07) is 12.8. The Bertz CT molecular complexity index is 658. The Labute approximate surface area is 135 Å². The number of halogens is 1. The van der Waals surface area contributed by atoms with Crippen LogP contribution in [0.25, 0.3) is 0 Å². The van der Waals surface area contributed by atoms with Gasteiger partial charge in [-0.2, -0.15) is 0 Å². The number of methoxy groups -OCH3 is 1. The summed E-state index contributed by atoms with van der Waals surface area (Å²) >= 11 is 6.01. The van der Waals surface area contributed by atoms with Crippen molar-refractivity contribution in [3.05, 3.63) is 53.1 Å². The lowest BCUT2D eigenvalue weighted by atomic mass is 10.2. The zero-order valence-electron chi connectivity index (χ0n) is 12.6. The van der Waals surface area contributed by atoms with Gasteiger partial charge in [0.25, 0.3) is 0 Å². The van der Waals surface area contributed by atoms with Crippen molar-refractivity contribution in [2.45, 2.75) is 13.3 Å². The van der Waals surface area contributed by atoms with Crippen LogP contribution >= 0.6 is 11.6 Å². The van der Waals surface area contributed by atoms with Gasteiger partial charge in [-0.3, -0.25) is 4.79 Å². The third-order valence-corrected chi connectivity index (χ3v) is 3.32. The largest absolute Gasteiger partial charge is 0.495 e. The summed E-state index contributed by atoms with van der Waals surface area (Å²) in [5.41, 5.74) is 1.75. The van der Waals surface area contributed by atoms with E-state index in [1.54, 1.807) is 25.3 Å². The molecule has 0 radical (unpaired) electrons. The number of hydrogen-bond acceptors (Lipinski definition) is 3. The van der Waals surface area contributed by atoms with E-state index >= 15 is 0 Å². The zero-order valence-corrected chi connectivity index (χ0v) is 13.3. The fourth-order valence-electron chi connectivity index (χ4n) is 1.93. The van der Waals surface area contributed by atoms with Crippen LogP contribution in [0.15, 0.2) is 42.5 Å². The number of anilines is 1. The average molecular weight is 320 g/mol. The molecule has 1 N–H and O–H groups in total. The van der Waals surface area contributed by atoms with Crippen LogP contribution in [0.1, 0.15) is 12.0 Å². The van der Waals surface area contributed by atoms with E-state index in [1.165, 1.54) is 0 Å². The first-order valence-electron chi connectivity index (χ1n) is 6.91. The van der Waals surface area contributed by atoms with E-state index in [4.69, 9.17) is 21.1 Å². The normalized spacial score (nSPS) is 10.1. The molecule has 0 aromatic heterocycles. The highest BCUT2D eigenvalue weighted by atomic mass is 35.5. The number of benzene rings is 2. The summed E-state index contributed by atoms with van der Waals surface area (Å²) < 4.78 is 10.6. The van der Waals surface area contributed by atoms with E-state index in [0.29, 0.717) is 23.1 Å². The second kappa shape index (κ2) is 7.71. The van der Waals surface area contributed by atoms with Gasteiger partial charge in [-0.25, -0.2) is 0 Å². The average Bonchev–Trinajstić information content (AvgIpc) is 2.47. The number of carbonyl (C=O) groups is 1. The Hall–Kier alpha value is -2.20. The van der Waals surface area contributed by atoms with Crippen molar-refractivity contribution in [2.24, 2.45) is 0 Å². The number of ether oxygens (including phenoxy) is 2. The molecule has 5 heteroatoms. The fraction of sp³-hybridized carbons (Fsp3) is 0.235. The summed E-state index contributed by atoms with van der Waals surface area (Å²) in [5.74, 6) is 1.21. The molecule has 0 aliphatic heterocycles. The highest BCUT2D eigenvalue weighted by Gasteiger charge is 2.06. The molecule has 116 valence electrons. The first-order chi connectivity index (χ1) is 10.6. The molecule has 0 aliphatic rings. The number of aryl methyl sites for hydroxylation is 1. The summed E-state index contributed by atoms with van der Waals surface area (Å²) in [6.07, 6.45) is 0.261. The first kappa shape index (κ1) is 16.2. The maximum absolute atomic E-state index is 11.9. The second-order valence-corrected chi connectivity index (χ2v) is 5.22. The minimum absolute atomic E-state index is 0.131. The molecule has 1 amide bonds. The maximum atomic E-state index is 11.9. The Balaban J connectivity index is 1.82. The lowest BCUT2D eigenvalue weighted by molar-refractivity contribution is -0.116. The van der Waals surface area contributed by atoms with Crippen molar-refractivity contribution in [2.75, 3.05) is 19.0 Å². The Morgan fingerprint density at radius 2 is 2.05 bits per heavy atom. The molecule has 2 aromatic carbocycles. The predicted octanol–water partition coefficient (Wildman–Crippen LogP) is 4.06. The molecule has 0 saturated heterocycles. The summed E-state index contributed by atoms with van der Waals surface area (Å²) in [6.45, 7) is 2.31. The summed E-state index contributed by atoms with van der Waals surface area (Å²) in [4.78, 5) is 11.9. The quantitative estimate of drug-likeness (QED) is 0.873. The number of rotatable bonds is 6. The standard InChI is InChI=1S/C17H18ClNO3/c1-12-4-3-5-14(10-12)22-9-8-17(20)19-13-6-7-16(21-2)15(18)11-13/h3-7,10-11H,8-9H2,1-2H3,(H,19,20). The van der Waals surface area contributed by atoms with Gasteiger partial charge in [0.15, 0.2) is 0 Å². The number of hydrogen-bond donors (Lipinski definition) is 1. The minimum Gasteiger partial charge on any atom is -0.495 e. The zero-order chi connectivity index (χ0) is 15.9. The molecule has 0 saturated carbocycles. The topological polar surface area (TPSA) is 47.6 Å². The van der Waals surface area contributed by atoms with Gasteiger partial charge in [0.1, 0.15) is 11.5 Å². The third-order valence-electron chi connectivity index (χ3n) is 3.02. The van der Waals surface area contributed by atoms with Gasteiger partial charge in [0.05, 0.1) is 25.2 Å². The second-order valence-electron chi connectivity index (χ2n) is 4.81. The van der Waals surface area contributed by atoms with Crippen molar-refractivity contribution >= 4 is 23.2 Å². The smallest absolute Gasteiger partial charge is 0.227 e. The van der Waals surface area contributed by atoms with Crippen molar-refractivity contribution in [1.82, 2.24) is 0 Å². The monoisotopic (exact) mass is 319 g/mol. The van der Waals surface area contributed by atoms with Crippen LogP contribution in [0.3, 0.4) is 0 Å². The van der Waals surface area contributed by atoms with Gasteiger partial charge in [-0.1, -0.05) is 23.7 Å². The molecule has 22 heavy (non-hydrogen) atoms. The van der Waals surface area contributed by atoms with Crippen LogP contribution in [-0.2, 0) is 4.79 Å². The van der Waals surface area contributed by atoms with Gasteiger partial charge in [0, 0.05) is 5.69 Å². The van der Waals surface area contributed by atoms with Gasteiger partial charge in [-0.15, -0.1) is 0 Å². The lowest BCUT2D eigenvalue weighted by Gasteiger charge is -2.09. The maximum Gasteiger partial charge on any atom is 0.227 e. The van der Waals surface area contributed by atoms with E-state index in [1.807, 2.05) is 31.2 Å². The SMILES string of the molecule is COc1ccc(NC(=O)CCOc2cccc(C)c2)cc1Cl. The molecule has 0 bridgehead atoms. The van der Waals surface area contributed by atoms with Crippen LogP contribution in [0.5, 0.6) is 11.5 Å². The molecule has 4 nitrogen and oxygen atoms in total. The molecular formula is C17H18ClNO3. The van der Waals surface area contributed by atoms with Crippen molar-refractivity contribution in [3.63, 3.8) is 0 Å².